The van der Waals surface area contributed by atoms with Gasteiger partial charge in [0.25, 0.3) is 7.82 Å². The van der Waals surface area contributed by atoms with Crippen LogP contribution in [0.1, 0.15) is 316 Å². The summed E-state index contributed by atoms with van der Waals surface area (Å²) in [5, 5.41) is 13.9. The van der Waals surface area contributed by atoms with Crippen molar-refractivity contribution in [1.29, 1.82) is 0 Å². The van der Waals surface area contributed by atoms with Crippen LogP contribution in [0.15, 0.2) is 24.3 Å². The van der Waals surface area contributed by atoms with Crippen molar-refractivity contribution in [2.75, 3.05) is 40.9 Å². The Kier molecular flexibility index (Phi) is 53.0. The van der Waals surface area contributed by atoms with Crippen LogP contribution in [0.4, 0.5) is 0 Å². The molecule has 0 aliphatic heterocycles. The summed E-state index contributed by atoms with van der Waals surface area (Å²) in [6.45, 7) is 4.68. The van der Waals surface area contributed by atoms with E-state index in [0.29, 0.717) is 17.4 Å². The number of phosphoric acid groups is 1. The van der Waals surface area contributed by atoms with Gasteiger partial charge in [-0.15, -0.1) is 0 Å². The second-order valence-corrected chi connectivity index (χ2v) is 24.2. The van der Waals surface area contributed by atoms with Crippen LogP contribution in [-0.4, -0.2) is 68.5 Å². The molecule has 1 amide bonds. The van der Waals surface area contributed by atoms with E-state index in [0.717, 1.165) is 38.5 Å². The SMILES string of the molecule is CCCCCCCCCCCCCCCCCCCCCCCC/C=C/CC/C=C/C(O)C(COP(=O)([O-])OCC[N+](C)(C)C)NC(=O)CCCCCCCCCCCCCCCCCCCCCCC. The van der Waals surface area contributed by atoms with E-state index in [9.17, 15) is 19.4 Å². The average molecular weight is 1020 g/mol. The van der Waals surface area contributed by atoms with E-state index >= 15 is 0 Å². The maximum atomic E-state index is 13.0. The number of aliphatic hydroxyl groups excluding tert-OH is 1. The fourth-order valence-electron chi connectivity index (χ4n) is 9.53. The maximum Gasteiger partial charge on any atom is 0.268 e. The Morgan fingerprint density at radius 2 is 0.789 bits per heavy atom. The Bertz CT molecular complexity index is 1210. The molecule has 0 saturated carbocycles. The monoisotopic (exact) mass is 1020 g/mol. The lowest BCUT2D eigenvalue weighted by Crippen LogP contribution is -2.45. The number of hydrogen-bond acceptors (Lipinski definition) is 6. The smallest absolute Gasteiger partial charge is 0.268 e. The van der Waals surface area contributed by atoms with E-state index in [1.807, 2.05) is 27.2 Å². The zero-order valence-electron chi connectivity index (χ0n) is 48.2. The number of phosphoric ester groups is 1. The first kappa shape index (κ1) is 70.0. The molecule has 9 heteroatoms. The number of allylic oxidation sites excluding steroid dienone is 3. The average Bonchev–Trinajstić information content (AvgIpc) is 3.33. The highest BCUT2D eigenvalue weighted by Gasteiger charge is 2.23. The molecule has 2 N–H and O–H groups in total. The van der Waals surface area contributed by atoms with Crippen LogP contribution < -0.4 is 10.2 Å². The first-order valence-corrected chi connectivity index (χ1v) is 32.7. The first-order valence-electron chi connectivity index (χ1n) is 31.2. The molecule has 0 heterocycles. The van der Waals surface area contributed by atoms with Gasteiger partial charge in [-0.1, -0.05) is 301 Å². The van der Waals surface area contributed by atoms with Gasteiger partial charge in [0.05, 0.1) is 39.9 Å². The molecular formula is C62H123N2O6P. The second-order valence-electron chi connectivity index (χ2n) is 22.8. The van der Waals surface area contributed by atoms with Gasteiger partial charge in [-0.3, -0.25) is 9.36 Å². The summed E-state index contributed by atoms with van der Waals surface area (Å²) in [5.41, 5.74) is 0. The number of likely N-dealkylation sites (N-methyl/N-ethyl adjacent to an activating group) is 1. The third kappa shape index (κ3) is 56.5. The number of amides is 1. The topological polar surface area (TPSA) is 108 Å². The molecule has 0 bridgehead atoms. The maximum absolute atomic E-state index is 13.0. The number of hydrogen-bond donors (Lipinski definition) is 2. The van der Waals surface area contributed by atoms with Gasteiger partial charge in [-0.2, -0.15) is 0 Å². The number of carbonyl (C=O) groups excluding carboxylic acids is 1. The molecule has 0 saturated heterocycles. The molecule has 0 aromatic heterocycles. The number of nitrogens with zero attached hydrogens (tertiary/aromatic N) is 1. The third-order valence-electron chi connectivity index (χ3n) is 14.4. The fraction of sp³-hybridized carbons (Fsp3) is 0.919. The number of aliphatic hydroxyl groups is 1. The molecule has 3 atom stereocenters. The van der Waals surface area contributed by atoms with Gasteiger partial charge in [-0.25, -0.2) is 0 Å². The van der Waals surface area contributed by atoms with Gasteiger partial charge in [-0.05, 0) is 32.1 Å². The van der Waals surface area contributed by atoms with Gasteiger partial charge >= 0.3 is 0 Å². The van der Waals surface area contributed by atoms with Crippen LogP contribution in [-0.2, 0) is 18.4 Å². The van der Waals surface area contributed by atoms with Gasteiger partial charge in [0, 0.05) is 6.42 Å². The molecule has 0 aliphatic carbocycles. The van der Waals surface area contributed by atoms with E-state index in [-0.39, 0.29) is 19.1 Å². The van der Waals surface area contributed by atoms with Crippen LogP contribution in [0.25, 0.3) is 0 Å². The second kappa shape index (κ2) is 53.8. The lowest BCUT2D eigenvalue weighted by Gasteiger charge is -2.29. The highest BCUT2D eigenvalue weighted by atomic mass is 31.2. The number of quaternary nitrogens is 1. The Morgan fingerprint density at radius 3 is 1.14 bits per heavy atom. The summed E-state index contributed by atoms with van der Waals surface area (Å²) < 4.78 is 23.4. The third-order valence-corrected chi connectivity index (χ3v) is 15.4. The molecule has 3 unspecified atom stereocenters. The largest absolute Gasteiger partial charge is 0.756 e. The van der Waals surface area contributed by atoms with Crippen molar-refractivity contribution >= 4 is 13.7 Å². The summed E-state index contributed by atoms with van der Waals surface area (Å²) in [5.74, 6) is -0.200. The molecule has 71 heavy (non-hydrogen) atoms. The molecule has 422 valence electrons. The summed E-state index contributed by atoms with van der Waals surface area (Å²) in [7, 11) is 1.26. The molecule has 8 nitrogen and oxygen atoms in total. The molecule has 0 spiro atoms. The Hall–Kier alpha value is -1.02. The Morgan fingerprint density at radius 1 is 0.479 bits per heavy atom. The first-order chi connectivity index (χ1) is 34.5. The van der Waals surface area contributed by atoms with Crippen LogP contribution in [0.2, 0.25) is 0 Å². The van der Waals surface area contributed by atoms with E-state index in [1.165, 1.54) is 257 Å². The summed E-state index contributed by atoms with van der Waals surface area (Å²) in [6.07, 6.45) is 68.5. The number of rotatable bonds is 58. The van der Waals surface area contributed by atoms with E-state index < -0.39 is 20.0 Å². The highest BCUT2D eigenvalue weighted by molar-refractivity contribution is 7.45. The van der Waals surface area contributed by atoms with E-state index in [1.54, 1.807) is 6.08 Å². The Labute approximate surface area is 443 Å². The normalized spacial score (nSPS) is 14.0. The van der Waals surface area contributed by atoms with Crippen molar-refractivity contribution in [3.05, 3.63) is 24.3 Å². The molecule has 0 aromatic carbocycles. The lowest BCUT2D eigenvalue weighted by atomic mass is 10.0. The lowest BCUT2D eigenvalue weighted by molar-refractivity contribution is -0.870. The molecule has 0 rings (SSSR count). The summed E-state index contributed by atoms with van der Waals surface area (Å²) in [6, 6.07) is -0.901. The van der Waals surface area contributed by atoms with Crippen LogP contribution in [0.3, 0.4) is 0 Å². The standard InChI is InChI=1S/C62H123N2O6P/c1-6-8-10-12-14-16-18-20-22-24-26-28-29-30-31-32-33-34-36-37-39-41-43-45-47-49-51-53-55-61(65)60(59-70-71(67,68)69-58-57-64(3,4)5)63-62(66)56-54-52-50-48-46-44-42-40-38-35-27-25-23-21-19-17-15-13-11-9-7-2/h45,47,53,55,60-61,65H,6-44,46,48-52,54,56-59H2,1-5H3,(H-,63,66,67,68)/b47-45+,55-53+. The molecule has 0 radical (unpaired) electrons. The molecule has 0 aromatic rings. The van der Waals surface area contributed by atoms with Crippen molar-refractivity contribution in [1.82, 2.24) is 5.32 Å². The molecule has 0 fully saturated rings. The zero-order valence-corrected chi connectivity index (χ0v) is 49.1. The van der Waals surface area contributed by atoms with Gasteiger partial charge < -0.3 is 28.8 Å². The number of nitrogens with one attached hydrogen (secondary N) is 1. The van der Waals surface area contributed by atoms with Crippen molar-refractivity contribution < 1.29 is 32.9 Å². The van der Waals surface area contributed by atoms with E-state index in [2.05, 4.69) is 31.3 Å². The minimum atomic E-state index is -4.60. The minimum Gasteiger partial charge on any atom is -0.756 e. The molecule has 0 aliphatic rings. The van der Waals surface area contributed by atoms with E-state index in [4.69, 9.17) is 9.05 Å². The Balaban J connectivity index is 4.16. The number of carbonyl (C=O) groups is 1. The summed E-state index contributed by atoms with van der Waals surface area (Å²) >= 11 is 0. The quantitative estimate of drug-likeness (QED) is 0.0272. The predicted molar refractivity (Wildman–Crippen MR) is 307 cm³/mol. The van der Waals surface area contributed by atoms with Gasteiger partial charge in [0.2, 0.25) is 5.91 Å². The van der Waals surface area contributed by atoms with Crippen molar-refractivity contribution in [2.45, 2.75) is 328 Å². The fourth-order valence-corrected chi connectivity index (χ4v) is 10.2. The van der Waals surface area contributed by atoms with Crippen molar-refractivity contribution in [3.63, 3.8) is 0 Å². The van der Waals surface area contributed by atoms with Crippen LogP contribution in [0, 0.1) is 0 Å². The van der Waals surface area contributed by atoms with Gasteiger partial charge in [0.1, 0.15) is 13.2 Å². The van der Waals surface area contributed by atoms with Crippen LogP contribution in [0.5, 0.6) is 0 Å². The van der Waals surface area contributed by atoms with Gasteiger partial charge in [0.15, 0.2) is 0 Å². The van der Waals surface area contributed by atoms with Crippen molar-refractivity contribution in [2.24, 2.45) is 0 Å². The highest BCUT2D eigenvalue weighted by Crippen LogP contribution is 2.38. The predicted octanol–water partition coefficient (Wildman–Crippen LogP) is 18.5. The van der Waals surface area contributed by atoms with Crippen molar-refractivity contribution in [3.8, 4) is 0 Å². The number of unbranched alkanes of at least 4 members (excludes halogenated alkanes) is 43. The van der Waals surface area contributed by atoms with Crippen LogP contribution >= 0.6 is 7.82 Å². The minimum absolute atomic E-state index is 0.00359. The zero-order chi connectivity index (χ0) is 52.0. The summed E-state index contributed by atoms with van der Waals surface area (Å²) in [4.78, 5) is 25.5. The molecular weight excluding hydrogens is 900 g/mol.